The summed E-state index contributed by atoms with van der Waals surface area (Å²) in [6.45, 7) is 8.95. The van der Waals surface area contributed by atoms with Gasteiger partial charge >= 0.3 is 5.68 Å². The summed E-state index contributed by atoms with van der Waals surface area (Å²) in [6.07, 6.45) is 0. The smallest absolute Gasteiger partial charge is 0.307 e. The second kappa shape index (κ2) is 7.52. The lowest BCUT2D eigenvalue weighted by atomic mass is 9.86. The first-order chi connectivity index (χ1) is 16.3. The highest BCUT2D eigenvalue weighted by Crippen LogP contribution is 2.37. The first-order valence-corrected chi connectivity index (χ1v) is 11.5. The summed E-state index contributed by atoms with van der Waals surface area (Å²) in [5.74, 6) is 2.26. The minimum absolute atomic E-state index is 0.0926. The Bertz CT molecular complexity index is 1600. The van der Waals surface area contributed by atoms with Gasteiger partial charge in [0.25, 0.3) is 0 Å². The molecule has 0 unspecified atom stereocenters. The van der Waals surface area contributed by atoms with Crippen LogP contribution >= 0.6 is 0 Å². The van der Waals surface area contributed by atoms with Gasteiger partial charge in [-0.1, -0.05) is 62.7 Å². The van der Waals surface area contributed by atoms with Gasteiger partial charge < -0.3 is 13.9 Å². The van der Waals surface area contributed by atoms with Crippen molar-refractivity contribution in [3.8, 4) is 22.8 Å². The van der Waals surface area contributed by atoms with Crippen LogP contribution in [0.1, 0.15) is 31.9 Å². The largest absolute Gasteiger partial charge is 0.454 e. The fourth-order valence-corrected chi connectivity index (χ4v) is 4.33. The Morgan fingerprint density at radius 3 is 2.24 bits per heavy atom. The molecule has 0 amide bonds. The van der Waals surface area contributed by atoms with Crippen molar-refractivity contribution < 1.29 is 13.9 Å². The molecule has 0 spiro atoms. The summed E-state index contributed by atoms with van der Waals surface area (Å²) in [6, 6.07) is 24.9. The van der Waals surface area contributed by atoms with Gasteiger partial charge in [-0.05, 0) is 42.2 Å². The molecule has 3 heterocycles. The summed E-state index contributed by atoms with van der Waals surface area (Å²) < 4.78 is 19.7. The Morgan fingerprint density at radius 2 is 1.53 bits per heavy atom. The average molecular weight is 451 g/mol. The van der Waals surface area contributed by atoms with E-state index in [1.54, 1.807) is 0 Å². The van der Waals surface area contributed by atoms with Crippen LogP contribution in [0.2, 0.25) is 0 Å². The fourth-order valence-electron chi connectivity index (χ4n) is 4.33. The molecule has 1 aliphatic heterocycles. The number of nitrogens with zero attached hydrogens (tertiary/aromatic N) is 2. The van der Waals surface area contributed by atoms with Gasteiger partial charge in [0, 0.05) is 23.1 Å². The van der Waals surface area contributed by atoms with E-state index in [1.165, 1.54) is 11.1 Å². The van der Waals surface area contributed by atoms with Crippen molar-refractivity contribution in [2.24, 2.45) is 4.99 Å². The monoisotopic (exact) mass is 450 g/mol. The predicted molar refractivity (Wildman–Crippen MR) is 134 cm³/mol. The predicted octanol–water partition coefficient (Wildman–Crippen LogP) is 6.92. The molecule has 0 saturated carbocycles. The van der Waals surface area contributed by atoms with E-state index in [0.717, 1.165) is 44.9 Å². The first-order valence-electron chi connectivity index (χ1n) is 11.5. The molecule has 6 rings (SSSR count). The lowest BCUT2D eigenvalue weighted by Gasteiger charge is -2.19. The van der Waals surface area contributed by atoms with Gasteiger partial charge in [-0.2, -0.15) is 4.99 Å². The second-order valence-corrected chi connectivity index (χ2v) is 9.84. The van der Waals surface area contributed by atoms with Gasteiger partial charge in [-0.15, -0.1) is 0 Å². The molecule has 2 aromatic heterocycles. The number of rotatable bonds is 2. The summed E-state index contributed by atoms with van der Waals surface area (Å²) in [7, 11) is 0. The molecule has 3 aromatic carbocycles. The number of fused-ring (bicyclic) bond motifs is 4. The molecular weight excluding hydrogens is 424 g/mol. The van der Waals surface area contributed by atoms with Gasteiger partial charge in [0.15, 0.2) is 11.5 Å². The van der Waals surface area contributed by atoms with Crippen LogP contribution in [0.4, 0.5) is 5.69 Å². The summed E-state index contributed by atoms with van der Waals surface area (Å²) in [5.41, 5.74) is 6.86. The van der Waals surface area contributed by atoms with Crippen molar-refractivity contribution in [1.29, 1.82) is 0 Å². The molecule has 170 valence electrons. The molecule has 5 nitrogen and oxygen atoms in total. The number of aromatic nitrogens is 1. The minimum Gasteiger partial charge on any atom is -0.454 e. The van der Waals surface area contributed by atoms with Gasteiger partial charge in [0.1, 0.15) is 5.76 Å². The number of benzene rings is 3. The van der Waals surface area contributed by atoms with Crippen LogP contribution in [-0.4, -0.2) is 11.2 Å². The Kier molecular flexibility index (Phi) is 4.56. The van der Waals surface area contributed by atoms with E-state index >= 15 is 0 Å². The maximum Gasteiger partial charge on any atom is 0.307 e. The molecule has 0 fully saturated rings. The lowest BCUT2D eigenvalue weighted by Crippen LogP contribution is -2.13. The van der Waals surface area contributed by atoms with Crippen LogP contribution < -0.4 is 15.2 Å². The van der Waals surface area contributed by atoms with Crippen molar-refractivity contribution in [3.05, 3.63) is 89.6 Å². The van der Waals surface area contributed by atoms with Crippen molar-refractivity contribution >= 4 is 22.1 Å². The Hall–Kier alpha value is -3.99. The minimum atomic E-state index is 0.0926. The SMILES string of the molecule is Cc1ccc(N=c2oc(-c3ccc(C(C)(C)C)cc3)cc3cc4cc5c(cc4n23)OCO5)cc1. The highest BCUT2D eigenvalue weighted by molar-refractivity contribution is 5.90. The third-order valence-corrected chi connectivity index (χ3v) is 6.29. The van der Waals surface area contributed by atoms with E-state index in [1.807, 2.05) is 28.7 Å². The zero-order chi connectivity index (χ0) is 23.4. The van der Waals surface area contributed by atoms with Crippen molar-refractivity contribution in [2.75, 3.05) is 6.79 Å². The maximum absolute atomic E-state index is 6.45. The van der Waals surface area contributed by atoms with Crippen LogP contribution in [0, 0.1) is 6.92 Å². The third-order valence-electron chi connectivity index (χ3n) is 6.29. The highest BCUT2D eigenvalue weighted by Gasteiger charge is 2.18. The van der Waals surface area contributed by atoms with E-state index in [0.29, 0.717) is 5.68 Å². The molecule has 0 N–H and O–H groups in total. The molecule has 0 atom stereocenters. The Balaban J connectivity index is 1.60. The van der Waals surface area contributed by atoms with E-state index in [9.17, 15) is 0 Å². The van der Waals surface area contributed by atoms with Gasteiger partial charge in [-0.25, -0.2) is 0 Å². The van der Waals surface area contributed by atoms with Crippen molar-refractivity contribution in [2.45, 2.75) is 33.1 Å². The molecule has 0 aliphatic carbocycles. The fraction of sp³-hybridized carbons (Fsp3) is 0.207. The molecule has 0 radical (unpaired) electrons. The third kappa shape index (κ3) is 3.54. The van der Waals surface area contributed by atoms with Crippen molar-refractivity contribution in [1.82, 2.24) is 4.40 Å². The van der Waals surface area contributed by atoms with Gasteiger partial charge in [0.2, 0.25) is 6.79 Å². The van der Waals surface area contributed by atoms with E-state index in [2.05, 4.69) is 76.2 Å². The summed E-state index contributed by atoms with van der Waals surface area (Å²) in [5, 5.41) is 1.04. The van der Waals surface area contributed by atoms with E-state index in [-0.39, 0.29) is 12.2 Å². The standard InChI is InChI=1S/C29H26N2O3/c1-18-5-11-22(12-6-18)30-28-31-23(13-20-14-26-27(16-24(20)31)33-17-32-26)15-25(34-28)19-7-9-21(10-8-19)29(2,3)4/h5-16H,17H2,1-4H3. The molecule has 0 saturated heterocycles. The van der Waals surface area contributed by atoms with Crippen LogP contribution in [0.15, 0.2) is 82.2 Å². The first kappa shape index (κ1) is 20.6. The van der Waals surface area contributed by atoms with Crippen molar-refractivity contribution in [3.63, 3.8) is 0 Å². The second-order valence-electron chi connectivity index (χ2n) is 9.84. The Morgan fingerprint density at radius 1 is 0.824 bits per heavy atom. The maximum atomic E-state index is 6.45. The summed E-state index contributed by atoms with van der Waals surface area (Å²) >= 11 is 0. The van der Waals surface area contributed by atoms with Crippen LogP contribution in [0.5, 0.6) is 11.5 Å². The van der Waals surface area contributed by atoms with E-state index in [4.69, 9.17) is 18.9 Å². The van der Waals surface area contributed by atoms with E-state index < -0.39 is 0 Å². The molecule has 5 heteroatoms. The number of hydrogen-bond acceptors (Lipinski definition) is 4. The number of aryl methyl sites for hydroxylation is 1. The molecule has 34 heavy (non-hydrogen) atoms. The normalized spacial score (nSPS) is 13.8. The van der Waals surface area contributed by atoms with Crippen LogP contribution in [0.3, 0.4) is 0 Å². The quantitative estimate of drug-likeness (QED) is 0.293. The van der Waals surface area contributed by atoms with Crippen LogP contribution in [-0.2, 0) is 5.41 Å². The zero-order valence-corrected chi connectivity index (χ0v) is 19.8. The van der Waals surface area contributed by atoms with Gasteiger partial charge in [0.05, 0.1) is 16.7 Å². The highest BCUT2D eigenvalue weighted by atomic mass is 16.7. The Labute approximate surface area is 197 Å². The number of ether oxygens (including phenoxy) is 2. The molecule has 1 aliphatic rings. The summed E-state index contributed by atoms with van der Waals surface area (Å²) in [4.78, 5) is 4.89. The van der Waals surface area contributed by atoms with Crippen LogP contribution in [0.25, 0.3) is 27.7 Å². The topological polar surface area (TPSA) is 48.4 Å². The zero-order valence-electron chi connectivity index (χ0n) is 19.8. The lowest BCUT2D eigenvalue weighted by molar-refractivity contribution is 0.174. The molecular formula is C29H26N2O3. The average Bonchev–Trinajstić information content (AvgIpc) is 3.41. The molecule has 5 aromatic rings. The molecule has 0 bridgehead atoms. The number of hydrogen-bond donors (Lipinski definition) is 0. The van der Waals surface area contributed by atoms with Gasteiger partial charge in [-0.3, -0.25) is 4.40 Å².